The number of fused-ring (bicyclic) bond motifs is 1. The number of rotatable bonds is 12. The van der Waals surface area contributed by atoms with E-state index in [9.17, 15) is 14.7 Å². The predicted octanol–water partition coefficient (Wildman–Crippen LogP) is 5.55. The number of carbonyl (C=O) groups excluding carboxylic acids is 1. The predicted molar refractivity (Wildman–Crippen MR) is 165 cm³/mol. The molecule has 2 N–H and O–H groups in total. The van der Waals surface area contributed by atoms with Gasteiger partial charge in [-0.2, -0.15) is 0 Å². The summed E-state index contributed by atoms with van der Waals surface area (Å²) in [6.07, 6.45) is 2.72. The molecule has 11 heteroatoms. The first kappa shape index (κ1) is 31.2. The molecule has 0 fully saturated rings. The minimum atomic E-state index is -0.926. The number of hydrogen-bond acceptors (Lipinski definition) is 8. The quantitative estimate of drug-likeness (QED) is 0.211. The van der Waals surface area contributed by atoms with Gasteiger partial charge in [0, 0.05) is 19.2 Å². The second-order valence-corrected chi connectivity index (χ2v) is 11.6. The monoisotopic (exact) mass is 615 g/mol. The zero-order valence-corrected chi connectivity index (χ0v) is 25.7. The fourth-order valence-electron chi connectivity index (χ4n) is 4.82. The lowest BCUT2D eigenvalue weighted by atomic mass is 10.1. The number of imidazole rings is 1. The van der Waals surface area contributed by atoms with Gasteiger partial charge in [-0.3, -0.25) is 4.79 Å². The third kappa shape index (κ3) is 8.47. The Morgan fingerprint density at radius 2 is 1.67 bits per heavy atom. The Morgan fingerprint density at radius 1 is 0.978 bits per heavy atom. The van der Waals surface area contributed by atoms with E-state index in [0.717, 1.165) is 22.6 Å². The van der Waals surface area contributed by atoms with Crippen molar-refractivity contribution in [3.05, 3.63) is 102 Å². The fraction of sp³-hybridized carbons (Fsp3) is 0.324. The van der Waals surface area contributed by atoms with Gasteiger partial charge in [0.1, 0.15) is 29.7 Å². The zero-order valence-electron chi connectivity index (χ0n) is 25.7. The van der Waals surface area contributed by atoms with Gasteiger partial charge < -0.3 is 38.7 Å². The van der Waals surface area contributed by atoms with Crippen LogP contribution in [0, 0.1) is 0 Å². The molecule has 236 valence electrons. The molecule has 1 aliphatic rings. The van der Waals surface area contributed by atoms with Crippen LogP contribution >= 0.6 is 0 Å². The van der Waals surface area contributed by atoms with E-state index >= 15 is 0 Å². The van der Waals surface area contributed by atoms with Crippen LogP contribution in [0.1, 0.15) is 49.2 Å². The van der Waals surface area contributed by atoms with E-state index in [-0.39, 0.29) is 6.42 Å². The van der Waals surface area contributed by atoms with Gasteiger partial charge in [0.05, 0.1) is 25.6 Å². The van der Waals surface area contributed by atoms with Gasteiger partial charge in [-0.05, 0) is 73.9 Å². The molecule has 2 unspecified atom stereocenters. The van der Waals surface area contributed by atoms with Crippen molar-refractivity contribution in [2.24, 2.45) is 0 Å². The third-order valence-electron chi connectivity index (χ3n) is 6.92. The number of benzene rings is 3. The summed E-state index contributed by atoms with van der Waals surface area (Å²) in [6.45, 7) is 6.19. The van der Waals surface area contributed by atoms with Crippen LogP contribution in [0.25, 0.3) is 0 Å². The average molecular weight is 616 g/mol. The number of aromatic nitrogens is 2. The molecule has 0 saturated carbocycles. The number of carboxylic acid groups (broad SMARTS) is 1. The number of carbonyl (C=O) groups is 2. The largest absolute Gasteiger partial charge is 0.497 e. The van der Waals surface area contributed by atoms with Crippen LogP contribution < -0.4 is 24.3 Å². The Hall–Kier alpha value is -5.19. The second kappa shape index (κ2) is 13.6. The van der Waals surface area contributed by atoms with Crippen LogP contribution in [0.5, 0.6) is 23.0 Å². The molecule has 2 atom stereocenters. The first-order valence-corrected chi connectivity index (χ1v) is 14.6. The van der Waals surface area contributed by atoms with E-state index in [1.54, 1.807) is 31.6 Å². The number of aliphatic carboxylic acids is 1. The first-order chi connectivity index (χ1) is 21.6. The summed E-state index contributed by atoms with van der Waals surface area (Å²) >= 11 is 0. The number of ether oxygens (including phenoxy) is 5. The first-order valence-electron chi connectivity index (χ1n) is 14.6. The highest BCUT2D eigenvalue weighted by atomic mass is 16.7. The number of carboxylic acids is 1. The van der Waals surface area contributed by atoms with E-state index in [1.165, 1.54) is 0 Å². The molecule has 11 nitrogen and oxygen atoms in total. The highest BCUT2D eigenvalue weighted by molar-refractivity contribution is 5.70. The fourth-order valence-corrected chi connectivity index (χ4v) is 4.82. The van der Waals surface area contributed by atoms with Crippen LogP contribution in [0.3, 0.4) is 0 Å². The Kier molecular flexibility index (Phi) is 9.46. The van der Waals surface area contributed by atoms with Gasteiger partial charge >= 0.3 is 12.1 Å². The van der Waals surface area contributed by atoms with Crippen molar-refractivity contribution >= 4 is 12.1 Å². The van der Waals surface area contributed by atoms with E-state index in [4.69, 9.17) is 23.7 Å². The molecule has 1 aliphatic heterocycles. The van der Waals surface area contributed by atoms with Crippen LogP contribution in [-0.2, 0) is 29.0 Å². The van der Waals surface area contributed by atoms with Gasteiger partial charge in [-0.1, -0.05) is 30.3 Å². The summed E-state index contributed by atoms with van der Waals surface area (Å²) in [5.74, 6) is 1.56. The van der Waals surface area contributed by atoms with Crippen molar-refractivity contribution < 1.29 is 38.4 Å². The SMILES string of the molecule is COc1ccc(COc2ccc(C(C3Oc4ccc(CC(=O)O)cc4O3)n3cnc(CCNC(=O)OC(C)(C)C)c3)cc2)cc1. The highest BCUT2D eigenvalue weighted by Crippen LogP contribution is 2.40. The molecule has 4 aromatic rings. The summed E-state index contributed by atoms with van der Waals surface area (Å²) in [4.78, 5) is 27.8. The number of methoxy groups -OCH3 is 1. The van der Waals surface area contributed by atoms with Crippen molar-refractivity contribution in [3.8, 4) is 23.0 Å². The number of alkyl carbamates (subject to hydrolysis) is 1. The van der Waals surface area contributed by atoms with E-state index < -0.39 is 30.0 Å². The van der Waals surface area contributed by atoms with Crippen LogP contribution in [0.4, 0.5) is 4.79 Å². The van der Waals surface area contributed by atoms with E-state index in [0.29, 0.717) is 42.4 Å². The molecule has 1 amide bonds. The number of amides is 1. The maximum atomic E-state index is 12.1. The topological polar surface area (TPSA) is 130 Å². The molecular formula is C34H37N3O8. The molecule has 45 heavy (non-hydrogen) atoms. The van der Waals surface area contributed by atoms with Crippen molar-refractivity contribution in [1.29, 1.82) is 0 Å². The maximum Gasteiger partial charge on any atom is 0.407 e. The molecule has 3 aromatic carbocycles. The van der Waals surface area contributed by atoms with E-state index in [2.05, 4.69) is 10.3 Å². The highest BCUT2D eigenvalue weighted by Gasteiger charge is 2.35. The zero-order chi connectivity index (χ0) is 32.0. The molecule has 2 heterocycles. The van der Waals surface area contributed by atoms with E-state index in [1.807, 2.05) is 80.1 Å². The third-order valence-corrected chi connectivity index (χ3v) is 6.92. The van der Waals surface area contributed by atoms with Gasteiger partial charge in [0.25, 0.3) is 6.29 Å². The number of nitrogens with zero attached hydrogens (tertiary/aromatic N) is 2. The number of nitrogens with one attached hydrogen (secondary N) is 1. The van der Waals surface area contributed by atoms with Crippen LogP contribution in [0.15, 0.2) is 79.3 Å². The Morgan fingerprint density at radius 3 is 2.36 bits per heavy atom. The summed E-state index contributed by atoms with van der Waals surface area (Å²) in [6, 6.07) is 20.1. The van der Waals surface area contributed by atoms with Crippen molar-refractivity contribution in [2.45, 2.75) is 58.2 Å². The Balaban J connectivity index is 1.32. The standard InChI is InChI=1S/C34H37N3O8/c1-34(2,3)45-33(40)35-16-15-25-19-37(21-36-25)31(32-43-28-14-7-23(18-30(38)39)17-29(28)44-32)24-8-12-27(13-9-24)42-20-22-5-10-26(41-4)11-6-22/h5-14,17,19,21,31-32H,15-16,18,20H2,1-4H3,(H,35,40)(H,38,39). The van der Waals surface area contributed by atoms with Gasteiger partial charge in [-0.15, -0.1) is 0 Å². The summed E-state index contributed by atoms with van der Waals surface area (Å²) in [7, 11) is 1.63. The average Bonchev–Trinajstić information content (AvgIpc) is 3.63. The van der Waals surface area contributed by atoms with Crippen molar-refractivity contribution in [3.63, 3.8) is 0 Å². The second-order valence-electron chi connectivity index (χ2n) is 11.6. The molecule has 0 radical (unpaired) electrons. The van der Waals surface area contributed by atoms with Gasteiger partial charge in [0.2, 0.25) is 0 Å². The van der Waals surface area contributed by atoms with Crippen molar-refractivity contribution in [1.82, 2.24) is 14.9 Å². The molecule has 1 aromatic heterocycles. The summed E-state index contributed by atoms with van der Waals surface area (Å²) in [5.41, 5.74) is 2.68. The minimum absolute atomic E-state index is 0.120. The summed E-state index contributed by atoms with van der Waals surface area (Å²) < 4.78 is 30.9. The lowest BCUT2D eigenvalue weighted by molar-refractivity contribution is -0.136. The molecule has 0 aliphatic carbocycles. The Labute approximate surface area is 261 Å². The lowest BCUT2D eigenvalue weighted by Crippen LogP contribution is -2.33. The lowest BCUT2D eigenvalue weighted by Gasteiger charge is -2.24. The van der Waals surface area contributed by atoms with Crippen molar-refractivity contribution in [2.75, 3.05) is 13.7 Å². The van der Waals surface area contributed by atoms with Crippen LogP contribution in [0.2, 0.25) is 0 Å². The smallest absolute Gasteiger partial charge is 0.407 e. The molecule has 5 rings (SSSR count). The summed E-state index contributed by atoms with van der Waals surface area (Å²) in [5, 5.41) is 12.0. The Bertz CT molecular complexity index is 1610. The van der Waals surface area contributed by atoms with Crippen LogP contribution in [-0.4, -0.2) is 52.3 Å². The minimum Gasteiger partial charge on any atom is -0.497 e. The molecule has 0 bridgehead atoms. The number of hydrogen-bond donors (Lipinski definition) is 2. The normalized spacial score (nSPS) is 14.4. The molecule has 0 saturated heterocycles. The van der Waals surface area contributed by atoms with Gasteiger partial charge in [0.15, 0.2) is 11.5 Å². The molecular weight excluding hydrogens is 578 g/mol. The van der Waals surface area contributed by atoms with Gasteiger partial charge in [-0.25, -0.2) is 9.78 Å². The maximum absolute atomic E-state index is 12.1. The molecule has 0 spiro atoms.